The molecule has 17 heavy (non-hydrogen) atoms. The SMILES string of the molecule is O=C(c1cccnc1)N(C(F)(F)F)C(F)(F)F. The third-order valence-electron chi connectivity index (χ3n) is 1.62. The molecule has 94 valence electrons. The van der Waals surface area contributed by atoms with Crippen LogP contribution in [0.5, 0.6) is 0 Å². The molecule has 0 atom stereocenters. The van der Waals surface area contributed by atoms with Gasteiger partial charge in [-0.25, -0.2) is 0 Å². The average molecular weight is 258 g/mol. The Morgan fingerprint density at radius 3 is 2.00 bits per heavy atom. The van der Waals surface area contributed by atoms with E-state index in [1.165, 1.54) is 0 Å². The van der Waals surface area contributed by atoms with Crippen LogP contribution in [0.25, 0.3) is 0 Å². The molecule has 1 aromatic heterocycles. The fourth-order valence-electron chi connectivity index (χ4n) is 0.992. The van der Waals surface area contributed by atoms with Crippen LogP contribution in [0, 0.1) is 0 Å². The minimum absolute atomic E-state index is 0.618. The molecule has 0 saturated heterocycles. The van der Waals surface area contributed by atoms with Crippen LogP contribution in [0.4, 0.5) is 26.3 Å². The van der Waals surface area contributed by atoms with E-state index in [4.69, 9.17) is 0 Å². The Hall–Kier alpha value is -1.80. The molecule has 0 spiro atoms. The van der Waals surface area contributed by atoms with Crippen molar-refractivity contribution in [2.24, 2.45) is 0 Å². The number of hydrogen-bond donors (Lipinski definition) is 0. The zero-order chi connectivity index (χ0) is 13.3. The van der Waals surface area contributed by atoms with E-state index < -0.39 is 29.0 Å². The first-order chi connectivity index (χ1) is 7.64. The number of pyridine rings is 1. The highest BCUT2D eigenvalue weighted by molar-refractivity contribution is 5.94. The standard InChI is InChI=1S/C8H4F6N2O/c9-7(10,11)16(8(12,13)14)6(17)5-2-1-3-15-4-5/h1-4H. The lowest BCUT2D eigenvalue weighted by molar-refractivity contribution is -0.348. The summed E-state index contributed by atoms with van der Waals surface area (Å²) >= 11 is 0. The molecular formula is C8H4F6N2O. The van der Waals surface area contributed by atoms with E-state index in [2.05, 4.69) is 4.98 Å². The second kappa shape index (κ2) is 4.22. The predicted octanol–water partition coefficient (Wildman–Crippen LogP) is 2.56. The van der Waals surface area contributed by atoms with Gasteiger partial charge >= 0.3 is 12.6 Å². The Bertz CT molecular complexity index is 385. The highest BCUT2D eigenvalue weighted by Crippen LogP contribution is 2.34. The van der Waals surface area contributed by atoms with Crippen LogP contribution in [-0.4, -0.2) is 28.4 Å². The molecule has 3 nitrogen and oxygen atoms in total. The van der Waals surface area contributed by atoms with Crippen LogP contribution in [0.3, 0.4) is 0 Å². The average Bonchev–Trinajstić information content (AvgIpc) is 2.14. The number of carbonyl (C=O) groups excluding carboxylic acids is 1. The normalized spacial score (nSPS) is 12.4. The van der Waals surface area contributed by atoms with Crippen LogP contribution in [-0.2, 0) is 0 Å². The molecular weight excluding hydrogens is 254 g/mol. The minimum Gasteiger partial charge on any atom is -0.268 e. The van der Waals surface area contributed by atoms with Crippen molar-refractivity contribution in [2.45, 2.75) is 12.6 Å². The summed E-state index contributed by atoms with van der Waals surface area (Å²) in [6.45, 7) is 0. The Labute approximate surface area is 90.7 Å². The number of alkyl halides is 6. The number of amides is 1. The lowest BCUT2D eigenvalue weighted by Crippen LogP contribution is -2.51. The molecule has 0 aliphatic carbocycles. The maximum Gasteiger partial charge on any atom is 0.494 e. The quantitative estimate of drug-likeness (QED) is 0.573. The Kier molecular flexibility index (Phi) is 3.30. The summed E-state index contributed by atoms with van der Waals surface area (Å²) in [5.41, 5.74) is -0.804. The highest BCUT2D eigenvalue weighted by atomic mass is 19.4. The molecule has 1 aromatic rings. The molecule has 0 saturated carbocycles. The lowest BCUT2D eigenvalue weighted by atomic mass is 10.2. The van der Waals surface area contributed by atoms with Gasteiger partial charge in [-0.2, -0.15) is 4.90 Å². The van der Waals surface area contributed by atoms with Gasteiger partial charge in [0.2, 0.25) is 0 Å². The van der Waals surface area contributed by atoms with Gasteiger partial charge in [-0.1, -0.05) is 0 Å². The van der Waals surface area contributed by atoms with Crippen molar-refractivity contribution in [3.8, 4) is 0 Å². The van der Waals surface area contributed by atoms with Crippen molar-refractivity contribution in [1.82, 2.24) is 9.88 Å². The topological polar surface area (TPSA) is 33.2 Å². The molecule has 0 unspecified atom stereocenters. The third-order valence-corrected chi connectivity index (χ3v) is 1.62. The van der Waals surface area contributed by atoms with Gasteiger partial charge in [0, 0.05) is 12.4 Å². The number of carbonyl (C=O) groups is 1. The molecule has 1 rings (SSSR count). The van der Waals surface area contributed by atoms with Gasteiger partial charge < -0.3 is 0 Å². The number of halogens is 6. The van der Waals surface area contributed by atoms with E-state index in [1.54, 1.807) is 0 Å². The van der Waals surface area contributed by atoms with Crippen LogP contribution in [0.2, 0.25) is 0 Å². The number of hydrogen-bond acceptors (Lipinski definition) is 2. The first-order valence-corrected chi connectivity index (χ1v) is 4.02. The van der Waals surface area contributed by atoms with Crippen LogP contribution >= 0.6 is 0 Å². The van der Waals surface area contributed by atoms with E-state index in [-0.39, 0.29) is 0 Å². The monoisotopic (exact) mass is 258 g/mol. The Morgan fingerprint density at radius 2 is 1.65 bits per heavy atom. The van der Waals surface area contributed by atoms with Gasteiger partial charge in [0.25, 0.3) is 5.91 Å². The van der Waals surface area contributed by atoms with E-state index in [9.17, 15) is 31.1 Å². The van der Waals surface area contributed by atoms with Crippen LogP contribution in [0.15, 0.2) is 24.5 Å². The van der Waals surface area contributed by atoms with Crippen molar-refractivity contribution in [3.05, 3.63) is 30.1 Å². The first kappa shape index (κ1) is 13.3. The molecule has 0 bridgehead atoms. The van der Waals surface area contributed by atoms with Crippen LogP contribution < -0.4 is 0 Å². The number of rotatable bonds is 1. The zero-order valence-corrected chi connectivity index (χ0v) is 7.88. The van der Waals surface area contributed by atoms with Gasteiger partial charge in [0.15, 0.2) is 0 Å². The second-order valence-corrected chi connectivity index (χ2v) is 2.82. The van der Waals surface area contributed by atoms with E-state index >= 15 is 0 Å². The van der Waals surface area contributed by atoms with Gasteiger partial charge in [0.05, 0.1) is 5.56 Å². The molecule has 0 aliphatic rings. The van der Waals surface area contributed by atoms with Gasteiger partial charge in [0.1, 0.15) is 0 Å². The summed E-state index contributed by atoms with van der Waals surface area (Å²) in [6, 6.07) is 1.86. The molecule has 0 aliphatic heterocycles. The van der Waals surface area contributed by atoms with Gasteiger partial charge in [-0.05, 0) is 12.1 Å². The van der Waals surface area contributed by atoms with Crippen molar-refractivity contribution < 1.29 is 31.1 Å². The summed E-state index contributed by atoms with van der Waals surface area (Å²) < 4.78 is 72.7. The summed E-state index contributed by atoms with van der Waals surface area (Å²) in [6.07, 6.45) is -9.95. The van der Waals surface area contributed by atoms with E-state index in [0.29, 0.717) is 6.20 Å². The van der Waals surface area contributed by atoms with Gasteiger partial charge in [-0.15, -0.1) is 26.3 Å². The summed E-state index contributed by atoms with van der Waals surface area (Å²) in [5.74, 6) is -2.22. The Balaban J connectivity index is 3.14. The third kappa shape index (κ3) is 3.08. The smallest absolute Gasteiger partial charge is 0.268 e. The Morgan fingerprint density at radius 1 is 1.12 bits per heavy atom. The molecule has 0 N–H and O–H groups in total. The van der Waals surface area contributed by atoms with Crippen molar-refractivity contribution in [2.75, 3.05) is 0 Å². The first-order valence-electron chi connectivity index (χ1n) is 4.02. The predicted molar refractivity (Wildman–Crippen MR) is 42.5 cm³/mol. The molecule has 0 aromatic carbocycles. The molecule has 0 radical (unpaired) electrons. The second-order valence-electron chi connectivity index (χ2n) is 2.82. The fraction of sp³-hybridized carbons (Fsp3) is 0.250. The van der Waals surface area contributed by atoms with Crippen molar-refractivity contribution in [3.63, 3.8) is 0 Å². The van der Waals surface area contributed by atoms with Crippen LogP contribution in [0.1, 0.15) is 10.4 Å². The number of aromatic nitrogens is 1. The van der Waals surface area contributed by atoms with Crippen molar-refractivity contribution in [1.29, 1.82) is 0 Å². The van der Waals surface area contributed by atoms with E-state index in [1.807, 2.05) is 0 Å². The molecule has 9 heteroatoms. The lowest BCUT2D eigenvalue weighted by Gasteiger charge is -2.26. The van der Waals surface area contributed by atoms with E-state index in [0.717, 1.165) is 18.3 Å². The largest absolute Gasteiger partial charge is 0.494 e. The van der Waals surface area contributed by atoms with Gasteiger partial charge in [-0.3, -0.25) is 9.78 Å². The fourth-order valence-corrected chi connectivity index (χ4v) is 0.992. The highest BCUT2D eigenvalue weighted by Gasteiger charge is 2.57. The molecule has 1 heterocycles. The maximum absolute atomic E-state index is 12.1. The summed E-state index contributed by atoms with van der Waals surface area (Å²) in [7, 11) is 0. The minimum atomic E-state index is -5.84. The molecule has 0 fully saturated rings. The number of nitrogens with zero attached hydrogens (tertiary/aromatic N) is 2. The summed E-state index contributed by atoms with van der Waals surface area (Å²) in [5, 5.41) is 0. The zero-order valence-electron chi connectivity index (χ0n) is 7.88. The molecule has 1 amide bonds. The van der Waals surface area contributed by atoms with Crippen molar-refractivity contribution >= 4 is 5.91 Å². The maximum atomic E-state index is 12.1. The summed E-state index contributed by atoms with van der Waals surface area (Å²) in [4.78, 5) is 12.3.